The minimum atomic E-state index is 0.633. The van der Waals surface area contributed by atoms with Gasteiger partial charge in [0.2, 0.25) is 0 Å². The van der Waals surface area contributed by atoms with E-state index in [1.807, 2.05) is 0 Å². The zero-order valence-corrected chi connectivity index (χ0v) is 25.3. The Morgan fingerprint density at radius 1 is 0.500 bits per heavy atom. The quantitative estimate of drug-likeness (QED) is 0.148. The Labute approximate surface area is 258 Å². The van der Waals surface area contributed by atoms with Gasteiger partial charge in [0.05, 0.1) is 0 Å². The van der Waals surface area contributed by atoms with Crippen LogP contribution in [-0.4, -0.2) is 0 Å². The Morgan fingerprint density at radius 3 is 1.55 bits per heavy atom. The fraction of sp³-hybridized carbons (Fsp3) is 0.136. The Morgan fingerprint density at radius 2 is 1.00 bits per heavy atom. The van der Waals surface area contributed by atoms with Crippen LogP contribution in [-0.2, 0) is 6.42 Å². The van der Waals surface area contributed by atoms with Crippen LogP contribution in [0.1, 0.15) is 37.8 Å². The molecule has 0 radical (unpaired) electrons. The normalized spacial score (nSPS) is 15.4. The monoisotopic (exact) mass is 562 g/mol. The van der Waals surface area contributed by atoms with Crippen LogP contribution in [0.15, 0.2) is 127 Å². The van der Waals surface area contributed by atoms with E-state index >= 15 is 0 Å². The van der Waals surface area contributed by atoms with Crippen molar-refractivity contribution in [3.8, 4) is 11.1 Å². The van der Waals surface area contributed by atoms with Gasteiger partial charge < -0.3 is 0 Å². The zero-order chi connectivity index (χ0) is 29.4. The molecule has 1 atom stereocenters. The molecule has 1 aliphatic carbocycles. The van der Waals surface area contributed by atoms with Gasteiger partial charge in [0.1, 0.15) is 0 Å². The SMILES string of the molecule is CCc1ccc(-c2c3ccccc3c3c4cccc5c(C6=CCC(CC)C=C6)c6ccccc6c(c6cccc2c63)c54)cc1. The second kappa shape index (κ2) is 9.79. The summed E-state index contributed by atoms with van der Waals surface area (Å²) < 4.78 is 0. The standard InChI is InChI=1S/C44H34/c1-3-27-19-23-29(24-20-27)39-31-11-5-7-13-33(31)41-38-18-10-16-36-40(30-25-21-28(4-2)22-26-30)32-12-6-8-14-34(32)42(44(36)38)37-17-9-15-35(39)43(37)41/h5-21,23-26,28H,3-4,22H2,1-2H3. The highest BCUT2D eigenvalue weighted by Gasteiger charge is 2.23. The van der Waals surface area contributed by atoms with E-state index in [1.54, 1.807) is 0 Å². The summed E-state index contributed by atoms with van der Waals surface area (Å²) in [5, 5.41) is 16.2. The van der Waals surface area contributed by atoms with E-state index in [0.29, 0.717) is 5.92 Å². The lowest BCUT2D eigenvalue weighted by Crippen LogP contribution is -2.00. The molecule has 1 aliphatic rings. The number of hydrogen-bond acceptors (Lipinski definition) is 0. The summed E-state index contributed by atoms with van der Waals surface area (Å²) in [4.78, 5) is 0. The predicted octanol–water partition coefficient (Wildman–Crippen LogP) is 12.6. The maximum atomic E-state index is 2.48. The lowest BCUT2D eigenvalue weighted by molar-refractivity contribution is 0.634. The summed E-state index contributed by atoms with van der Waals surface area (Å²) in [7, 11) is 0. The van der Waals surface area contributed by atoms with Gasteiger partial charge in [-0.2, -0.15) is 0 Å². The van der Waals surface area contributed by atoms with Crippen molar-refractivity contribution in [1.82, 2.24) is 0 Å². The molecule has 0 bridgehead atoms. The average Bonchev–Trinajstić information content (AvgIpc) is 3.09. The maximum Gasteiger partial charge on any atom is -0.00134 e. The van der Waals surface area contributed by atoms with Crippen LogP contribution in [0.4, 0.5) is 0 Å². The minimum absolute atomic E-state index is 0.633. The molecule has 44 heavy (non-hydrogen) atoms. The first-order chi connectivity index (χ1) is 21.8. The summed E-state index contributed by atoms with van der Waals surface area (Å²) in [6, 6.07) is 41.4. The average molecular weight is 563 g/mol. The van der Waals surface area contributed by atoms with Crippen molar-refractivity contribution in [2.24, 2.45) is 5.92 Å². The molecule has 0 amide bonds. The van der Waals surface area contributed by atoms with E-state index in [0.717, 1.165) is 12.8 Å². The second-order valence-corrected chi connectivity index (χ2v) is 12.5. The Hall–Kier alpha value is -4.94. The second-order valence-electron chi connectivity index (χ2n) is 12.5. The third kappa shape index (κ3) is 3.52. The molecule has 0 saturated carbocycles. The van der Waals surface area contributed by atoms with Crippen molar-refractivity contribution in [1.29, 1.82) is 0 Å². The van der Waals surface area contributed by atoms with Gasteiger partial charge in [-0.1, -0.05) is 141 Å². The smallest absolute Gasteiger partial charge is 0.00134 e. The summed E-state index contributed by atoms with van der Waals surface area (Å²) in [5.74, 6) is 0.633. The fourth-order valence-corrected chi connectivity index (χ4v) is 8.12. The molecule has 9 rings (SSSR count). The van der Waals surface area contributed by atoms with Crippen molar-refractivity contribution < 1.29 is 0 Å². The highest BCUT2D eigenvalue weighted by atomic mass is 14.3. The van der Waals surface area contributed by atoms with Crippen LogP contribution < -0.4 is 0 Å². The molecule has 0 nitrogen and oxygen atoms in total. The molecule has 0 aromatic heterocycles. The van der Waals surface area contributed by atoms with Crippen LogP contribution in [0.25, 0.3) is 81.3 Å². The van der Waals surface area contributed by atoms with Crippen LogP contribution in [0, 0.1) is 5.92 Å². The maximum absolute atomic E-state index is 2.48. The van der Waals surface area contributed by atoms with Gasteiger partial charge in [0.15, 0.2) is 0 Å². The molecule has 8 aromatic carbocycles. The molecule has 0 saturated heterocycles. The van der Waals surface area contributed by atoms with Gasteiger partial charge in [-0.25, -0.2) is 0 Å². The molecule has 8 aromatic rings. The molecule has 0 heteroatoms. The van der Waals surface area contributed by atoms with Gasteiger partial charge in [0.25, 0.3) is 0 Å². The summed E-state index contributed by atoms with van der Waals surface area (Å²) in [6.45, 7) is 4.52. The van der Waals surface area contributed by atoms with E-state index in [-0.39, 0.29) is 0 Å². The number of fused-ring (bicyclic) bond motifs is 6. The van der Waals surface area contributed by atoms with Crippen molar-refractivity contribution in [2.45, 2.75) is 33.1 Å². The Bertz CT molecular complexity index is 2470. The first-order valence-corrected chi connectivity index (χ1v) is 16.2. The van der Waals surface area contributed by atoms with Crippen molar-refractivity contribution >= 4 is 70.2 Å². The number of benzene rings is 8. The van der Waals surface area contributed by atoms with Crippen molar-refractivity contribution in [3.05, 3.63) is 139 Å². The van der Waals surface area contributed by atoms with Gasteiger partial charge in [0, 0.05) is 0 Å². The summed E-state index contributed by atoms with van der Waals surface area (Å²) in [5.41, 5.74) is 6.72. The predicted molar refractivity (Wildman–Crippen MR) is 193 cm³/mol. The molecular formula is C44H34. The van der Waals surface area contributed by atoms with E-state index in [2.05, 4.69) is 141 Å². The summed E-state index contributed by atoms with van der Waals surface area (Å²) >= 11 is 0. The lowest BCUT2D eigenvalue weighted by atomic mass is 9.79. The summed E-state index contributed by atoms with van der Waals surface area (Å²) in [6.07, 6.45) is 10.6. The van der Waals surface area contributed by atoms with Crippen molar-refractivity contribution in [2.75, 3.05) is 0 Å². The van der Waals surface area contributed by atoms with E-state index in [4.69, 9.17) is 0 Å². The number of hydrogen-bond donors (Lipinski definition) is 0. The van der Waals surface area contributed by atoms with E-state index in [1.165, 1.54) is 98.9 Å². The van der Waals surface area contributed by atoms with Gasteiger partial charge in [-0.3, -0.25) is 0 Å². The minimum Gasteiger partial charge on any atom is -0.0805 e. The third-order valence-corrected chi connectivity index (χ3v) is 10.3. The first-order valence-electron chi connectivity index (χ1n) is 16.2. The molecule has 210 valence electrons. The zero-order valence-electron chi connectivity index (χ0n) is 25.3. The molecular weight excluding hydrogens is 528 g/mol. The molecule has 0 spiro atoms. The molecule has 0 N–H and O–H groups in total. The number of aryl methyl sites for hydroxylation is 1. The lowest BCUT2D eigenvalue weighted by Gasteiger charge is -2.23. The molecule has 0 fully saturated rings. The highest BCUT2D eigenvalue weighted by molar-refractivity contribution is 6.44. The Balaban J connectivity index is 1.52. The fourth-order valence-electron chi connectivity index (χ4n) is 8.12. The van der Waals surface area contributed by atoms with Gasteiger partial charge in [-0.15, -0.1) is 0 Å². The number of rotatable bonds is 4. The van der Waals surface area contributed by atoms with E-state index < -0.39 is 0 Å². The highest BCUT2D eigenvalue weighted by Crippen LogP contribution is 2.51. The van der Waals surface area contributed by atoms with Crippen LogP contribution in [0.5, 0.6) is 0 Å². The Kier molecular flexibility index (Phi) is 5.69. The third-order valence-electron chi connectivity index (χ3n) is 10.3. The van der Waals surface area contributed by atoms with Crippen LogP contribution >= 0.6 is 0 Å². The van der Waals surface area contributed by atoms with Gasteiger partial charge in [-0.05, 0) is 118 Å². The topological polar surface area (TPSA) is 0 Å². The van der Waals surface area contributed by atoms with Crippen LogP contribution in [0.2, 0.25) is 0 Å². The first kappa shape index (κ1) is 25.5. The molecule has 1 unspecified atom stereocenters. The van der Waals surface area contributed by atoms with Crippen LogP contribution in [0.3, 0.4) is 0 Å². The molecule has 0 heterocycles. The van der Waals surface area contributed by atoms with E-state index in [9.17, 15) is 0 Å². The molecule has 0 aliphatic heterocycles. The largest absolute Gasteiger partial charge is 0.0805 e. The van der Waals surface area contributed by atoms with Crippen molar-refractivity contribution in [3.63, 3.8) is 0 Å². The van der Waals surface area contributed by atoms with Gasteiger partial charge >= 0.3 is 0 Å². The number of allylic oxidation sites excluding steroid dienone is 4.